The van der Waals surface area contributed by atoms with Crippen molar-refractivity contribution in [3.05, 3.63) is 46.4 Å². The van der Waals surface area contributed by atoms with E-state index < -0.39 is 0 Å². The molecule has 6 heteroatoms. The lowest BCUT2D eigenvalue weighted by Gasteiger charge is -2.19. The Bertz CT molecular complexity index is 703. The van der Waals surface area contributed by atoms with Crippen molar-refractivity contribution < 1.29 is 14.3 Å². The standard InChI is InChI=1S/C15H13BrN2O3/c16-14-10(2-1-3-11(14)17)15(19)18-9-4-5-12-13(8-9)21-7-6-20-12/h1-5,8H,6-7,17H2,(H,18,19). The van der Waals surface area contributed by atoms with E-state index in [9.17, 15) is 4.79 Å². The highest BCUT2D eigenvalue weighted by molar-refractivity contribution is 9.10. The van der Waals surface area contributed by atoms with Crippen LogP contribution in [0.4, 0.5) is 11.4 Å². The lowest BCUT2D eigenvalue weighted by molar-refractivity contribution is 0.102. The third kappa shape index (κ3) is 2.80. The fourth-order valence-corrected chi connectivity index (χ4v) is 2.49. The normalized spacial score (nSPS) is 12.8. The van der Waals surface area contributed by atoms with E-state index in [4.69, 9.17) is 15.2 Å². The van der Waals surface area contributed by atoms with Gasteiger partial charge < -0.3 is 20.5 Å². The molecular formula is C15H13BrN2O3. The summed E-state index contributed by atoms with van der Waals surface area (Å²) in [6, 6.07) is 10.5. The molecule has 0 bridgehead atoms. The summed E-state index contributed by atoms with van der Waals surface area (Å²) in [5.74, 6) is 1.07. The smallest absolute Gasteiger partial charge is 0.256 e. The Kier molecular flexibility index (Phi) is 3.70. The topological polar surface area (TPSA) is 73.6 Å². The number of nitrogens with two attached hydrogens (primary N) is 1. The largest absolute Gasteiger partial charge is 0.486 e. The van der Waals surface area contributed by atoms with E-state index in [1.54, 1.807) is 36.4 Å². The SMILES string of the molecule is Nc1cccc(C(=O)Nc2ccc3c(c2)OCCO3)c1Br. The van der Waals surface area contributed by atoms with Gasteiger partial charge in [-0.15, -0.1) is 0 Å². The van der Waals surface area contributed by atoms with Crippen LogP contribution in [0, 0.1) is 0 Å². The van der Waals surface area contributed by atoms with Crippen LogP contribution in [0.3, 0.4) is 0 Å². The Labute approximate surface area is 130 Å². The summed E-state index contributed by atoms with van der Waals surface area (Å²) in [6.07, 6.45) is 0. The number of carbonyl (C=O) groups excluding carboxylic acids is 1. The molecule has 0 spiro atoms. The van der Waals surface area contributed by atoms with E-state index in [2.05, 4.69) is 21.2 Å². The number of hydrogen-bond acceptors (Lipinski definition) is 4. The number of carbonyl (C=O) groups is 1. The monoisotopic (exact) mass is 348 g/mol. The van der Waals surface area contributed by atoms with Gasteiger partial charge >= 0.3 is 0 Å². The van der Waals surface area contributed by atoms with Gasteiger partial charge in [-0.05, 0) is 40.2 Å². The van der Waals surface area contributed by atoms with Crippen LogP contribution in [0.25, 0.3) is 0 Å². The molecular weight excluding hydrogens is 336 g/mol. The second kappa shape index (κ2) is 5.65. The zero-order chi connectivity index (χ0) is 14.8. The molecule has 0 aliphatic carbocycles. The lowest BCUT2D eigenvalue weighted by atomic mass is 10.2. The van der Waals surface area contributed by atoms with E-state index >= 15 is 0 Å². The predicted molar refractivity (Wildman–Crippen MR) is 83.9 cm³/mol. The van der Waals surface area contributed by atoms with Crippen molar-refractivity contribution in [1.82, 2.24) is 0 Å². The molecule has 1 aliphatic heterocycles. The highest BCUT2D eigenvalue weighted by Crippen LogP contribution is 2.33. The van der Waals surface area contributed by atoms with Gasteiger partial charge in [0.2, 0.25) is 0 Å². The molecule has 2 aromatic rings. The van der Waals surface area contributed by atoms with Crippen LogP contribution >= 0.6 is 15.9 Å². The number of nitrogen functional groups attached to an aromatic ring is 1. The van der Waals surface area contributed by atoms with Crippen LogP contribution in [-0.2, 0) is 0 Å². The molecule has 21 heavy (non-hydrogen) atoms. The van der Waals surface area contributed by atoms with Crippen LogP contribution in [0.5, 0.6) is 11.5 Å². The average molecular weight is 349 g/mol. The second-order valence-electron chi connectivity index (χ2n) is 4.52. The summed E-state index contributed by atoms with van der Waals surface area (Å²) >= 11 is 3.32. The molecule has 3 rings (SSSR count). The Morgan fingerprint density at radius 3 is 2.71 bits per heavy atom. The van der Waals surface area contributed by atoms with Gasteiger partial charge in [0.25, 0.3) is 5.91 Å². The molecule has 2 aromatic carbocycles. The Balaban J connectivity index is 1.83. The second-order valence-corrected chi connectivity index (χ2v) is 5.31. The summed E-state index contributed by atoms with van der Waals surface area (Å²) in [4.78, 5) is 12.3. The summed E-state index contributed by atoms with van der Waals surface area (Å²) in [7, 11) is 0. The first-order chi connectivity index (χ1) is 10.1. The third-order valence-electron chi connectivity index (χ3n) is 3.07. The summed E-state index contributed by atoms with van der Waals surface area (Å²) < 4.78 is 11.5. The van der Waals surface area contributed by atoms with Gasteiger partial charge in [-0.3, -0.25) is 4.79 Å². The quantitative estimate of drug-likeness (QED) is 0.818. The van der Waals surface area contributed by atoms with Crippen molar-refractivity contribution >= 4 is 33.2 Å². The van der Waals surface area contributed by atoms with Crippen molar-refractivity contribution in [1.29, 1.82) is 0 Å². The minimum atomic E-state index is -0.245. The van der Waals surface area contributed by atoms with Crippen LogP contribution in [0.15, 0.2) is 40.9 Å². The Morgan fingerprint density at radius 2 is 1.90 bits per heavy atom. The van der Waals surface area contributed by atoms with E-state index in [-0.39, 0.29) is 5.91 Å². The molecule has 0 saturated carbocycles. The number of rotatable bonds is 2. The number of hydrogen-bond donors (Lipinski definition) is 2. The molecule has 1 heterocycles. The molecule has 0 aromatic heterocycles. The molecule has 0 atom stereocenters. The van der Waals surface area contributed by atoms with Gasteiger partial charge in [0.1, 0.15) is 13.2 Å². The maximum absolute atomic E-state index is 12.3. The third-order valence-corrected chi connectivity index (χ3v) is 3.96. The molecule has 0 saturated heterocycles. The molecule has 1 amide bonds. The summed E-state index contributed by atoms with van der Waals surface area (Å²) in [5.41, 5.74) is 7.41. The number of amides is 1. The lowest BCUT2D eigenvalue weighted by Crippen LogP contribution is -2.16. The van der Waals surface area contributed by atoms with E-state index in [1.165, 1.54) is 0 Å². The van der Waals surface area contributed by atoms with Crippen molar-refractivity contribution in [2.24, 2.45) is 0 Å². The van der Waals surface area contributed by atoms with Crippen LogP contribution in [0.1, 0.15) is 10.4 Å². The molecule has 1 aliphatic rings. The molecule has 0 unspecified atom stereocenters. The number of anilines is 2. The Hall–Kier alpha value is -2.21. The molecule has 3 N–H and O–H groups in total. The van der Waals surface area contributed by atoms with Crippen molar-refractivity contribution in [3.63, 3.8) is 0 Å². The zero-order valence-corrected chi connectivity index (χ0v) is 12.6. The molecule has 5 nitrogen and oxygen atoms in total. The fraction of sp³-hybridized carbons (Fsp3) is 0.133. The molecule has 0 fully saturated rings. The highest BCUT2D eigenvalue weighted by atomic mass is 79.9. The van der Waals surface area contributed by atoms with Gasteiger partial charge in [0, 0.05) is 17.4 Å². The maximum Gasteiger partial charge on any atom is 0.256 e. The summed E-state index contributed by atoms with van der Waals surface area (Å²) in [5, 5.41) is 2.82. The summed E-state index contributed by atoms with van der Waals surface area (Å²) in [6.45, 7) is 1.04. The predicted octanol–water partition coefficient (Wildman–Crippen LogP) is 3.05. The van der Waals surface area contributed by atoms with E-state index in [1.807, 2.05) is 0 Å². The van der Waals surface area contributed by atoms with Gasteiger partial charge in [0.15, 0.2) is 11.5 Å². The molecule has 108 valence electrons. The zero-order valence-electron chi connectivity index (χ0n) is 11.1. The number of fused-ring (bicyclic) bond motifs is 1. The van der Waals surface area contributed by atoms with E-state index in [0.29, 0.717) is 46.1 Å². The van der Waals surface area contributed by atoms with Gasteiger partial charge in [-0.25, -0.2) is 0 Å². The van der Waals surface area contributed by atoms with Crippen LogP contribution < -0.4 is 20.5 Å². The first-order valence-electron chi connectivity index (χ1n) is 6.40. The number of nitrogens with one attached hydrogen (secondary N) is 1. The van der Waals surface area contributed by atoms with E-state index in [0.717, 1.165) is 0 Å². The average Bonchev–Trinajstić information content (AvgIpc) is 2.50. The molecule has 0 radical (unpaired) electrons. The number of benzene rings is 2. The first-order valence-corrected chi connectivity index (χ1v) is 7.19. The van der Waals surface area contributed by atoms with Crippen molar-refractivity contribution in [2.75, 3.05) is 24.3 Å². The first kappa shape index (κ1) is 13.8. The minimum absolute atomic E-state index is 0.245. The van der Waals surface area contributed by atoms with Crippen LogP contribution in [0.2, 0.25) is 0 Å². The number of halogens is 1. The Morgan fingerprint density at radius 1 is 1.14 bits per heavy atom. The maximum atomic E-state index is 12.3. The van der Waals surface area contributed by atoms with Crippen molar-refractivity contribution in [3.8, 4) is 11.5 Å². The van der Waals surface area contributed by atoms with Gasteiger partial charge in [0.05, 0.1) is 10.0 Å². The van der Waals surface area contributed by atoms with Crippen LogP contribution in [-0.4, -0.2) is 19.1 Å². The van der Waals surface area contributed by atoms with Crippen molar-refractivity contribution in [2.45, 2.75) is 0 Å². The fourth-order valence-electron chi connectivity index (χ4n) is 2.04. The minimum Gasteiger partial charge on any atom is -0.486 e. The van der Waals surface area contributed by atoms with Gasteiger partial charge in [-0.2, -0.15) is 0 Å². The van der Waals surface area contributed by atoms with Gasteiger partial charge in [-0.1, -0.05) is 6.07 Å². The highest BCUT2D eigenvalue weighted by Gasteiger charge is 2.15. The number of ether oxygens (including phenoxy) is 2.